The summed E-state index contributed by atoms with van der Waals surface area (Å²) < 4.78 is 0. The molecule has 2 saturated heterocycles. The Morgan fingerprint density at radius 2 is 2.04 bits per heavy atom. The summed E-state index contributed by atoms with van der Waals surface area (Å²) in [6.07, 6.45) is 5.66. The normalized spacial score (nSPS) is 28.3. The smallest absolute Gasteiger partial charge is 0.245 e. The van der Waals surface area contributed by atoms with E-state index < -0.39 is 0 Å². The highest BCUT2D eigenvalue weighted by atomic mass is 16.2. The first-order valence-electron chi connectivity index (χ1n) is 9.51. The average Bonchev–Trinajstić information content (AvgIpc) is 3.37. The highest BCUT2D eigenvalue weighted by Crippen LogP contribution is 2.39. The molecule has 3 aliphatic rings. The lowest BCUT2D eigenvalue weighted by molar-refractivity contribution is -0.134. The van der Waals surface area contributed by atoms with Gasteiger partial charge in [0.05, 0.1) is 11.2 Å². The molecule has 3 fully saturated rings. The van der Waals surface area contributed by atoms with Crippen molar-refractivity contribution < 1.29 is 4.79 Å². The summed E-state index contributed by atoms with van der Waals surface area (Å²) in [5.41, 5.74) is 1.95. The number of para-hydroxylation sites is 1. The van der Waals surface area contributed by atoms with Crippen LogP contribution in [0.25, 0.3) is 10.9 Å². The number of hydrogen-bond donors (Lipinski definition) is 0. The van der Waals surface area contributed by atoms with Gasteiger partial charge in [0.1, 0.15) is 6.04 Å². The van der Waals surface area contributed by atoms with Crippen LogP contribution in [0.3, 0.4) is 0 Å². The van der Waals surface area contributed by atoms with Gasteiger partial charge in [-0.2, -0.15) is 0 Å². The fraction of sp³-hybridized carbons (Fsp3) is 0.550. The number of likely N-dealkylation sites (tertiary alicyclic amines) is 1. The first-order valence-corrected chi connectivity index (χ1v) is 9.51. The van der Waals surface area contributed by atoms with Gasteiger partial charge < -0.3 is 9.80 Å². The van der Waals surface area contributed by atoms with Gasteiger partial charge in [0.25, 0.3) is 0 Å². The van der Waals surface area contributed by atoms with E-state index in [4.69, 9.17) is 9.97 Å². The fourth-order valence-electron chi connectivity index (χ4n) is 5.00. The molecule has 0 N–H and O–H groups in total. The zero-order chi connectivity index (χ0) is 17.0. The van der Waals surface area contributed by atoms with Crippen LogP contribution in [0, 0.1) is 12.8 Å². The quantitative estimate of drug-likeness (QED) is 0.846. The van der Waals surface area contributed by atoms with E-state index in [2.05, 4.69) is 15.9 Å². The largest absolute Gasteiger partial charge is 0.338 e. The van der Waals surface area contributed by atoms with Gasteiger partial charge in [-0.15, -0.1) is 0 Å². The Hall–Kier alpha value is -2.17. The van der Waals surface area contributed by atoms with E-state index in [0.717, 1.165) is 54.4 Å². The van der Waals surface area contributed by atoms with Gasteiger partial charge in [0, 0.05) is 24.5 Å². The predicted octanol–water partition coefficient (Wildman–Crippen LogP) is 2.92. The van der Waals surface area contributed by atoms with Crippen LogP contribution in [-0.2, 0) is 4.79 Å². The molecule has 1 aromatic carbocycles. The lowest BCUT2D eigenvalue weighted by Gasteiger charge is -2.33. The van der Waals surface area contributed by atoms with E-state index in [1.165, 1.54) is 19.3 Å². The number of aryl methyl sites for hydroxylation is 1. The van der Waals surface area contributed by atoms with Crippen molar-refractivity contribution in [3.8, 4) is 0 Å². The number of anilines is 1. The van der Waals surface area contributed by atoms with Crippen molar-refractivity contribution >= 4 is 22.8 Å². The van der Waals surface area contributed by atoms with Crippen LogP contribution < -0.4 is 4.90 Å². The van der Waals surface area contributed by atoms with Crippen LogP contribution >= 0.6 is 0 Å². The maximum absolute atomic E-state index is 13.2. The summed E-state index contributed by atoms with van der Waals surface area (Å²) in [5, 5.41) is 1.09. The molecule has 1 amide bonds. The number of carbonyl (C=O) groups excluding carboxylic acids is 1. The monoisotopic (exact) mass is 336 g/mol. The molecule has 25 heavy (non-hydrogen) atoms. The second kappa shape index (κ2) is 5.68. The first-order chi connectivity index (χ1) is 12.2. The summed E-state index contributed by atoms with van der Waals surface area (Å²) in [4.78, 5) is 27.0. The molecule has 5 rings (SSSR count). The van der Waals surface area contributed by atoms with E-state index in [1.807, 2.05) is 25.1 Å². The van der Waals surface area contributed by atoms with Gasteiger partial charge in [-0.3, -0.25) is 4.79 Å². The van der Waals surface area contributed by atoms with Crippen LogP contribution in [-0.4, -0.2) is 45.9 Å². The Bertz CT molecular complexity index is 836. The van der Waals surface area contributed by atoms with E-state index in [9.17, 15) is 4.79 Å². The van der Waals surface area contributed by atoms with Crippen LogP contribution in [0.1, 0.15) is 37.8 Å². The van der Waals surface area contributed by atoms with Gasteiger partial charge in [0.2, 0.25) is 11.9 Å². The molecule has 5 nitrogen and oxygen atoms in total. The molecule has 5 heteroatoms. The van der Waals surface area contributed by atoms with E-state index >= 15 is 0 Å². The van der Waals surface area contributed by atoms with Crippen LogP contribution in [0.5, 0.6) is 0 Å². The Morgan fingerprint density at radius 3 is 2.84 bits per heavy atom. The van der Waals surface area contributed by atoms with Gasteiger partial charge in [-0.05, 0) is 51.0 Å². The fourth-order valence-corrected chi connectivity index (χ4v) is 5.00. The molecule has 3 unspecified atom stereocenters. The third kappa shape index (κ3) is 2.40. The van der Waals surface area contributed by atoms with E-state index in [0.29, 0.717) is 11.9 Å². The molecular weight excluding hydrogens is 312 g/mol. The van der Waals surface area contributed by atoms with Crippen molar-refractivity contribution in [3.63, 3.8) is 0 Å². The lowest BCUT2D eigenvalue weighted by atomic mass is 10.1. The number of fused-ring (bicyclic) bond motifs is 3. The minimum Gasteiger partial charge on any atom is -0.338 e. The molecule has 0 radical (unpaired) electrons. The zero-order valence-electron chi connectivity index (χ0n) is 14.7. The number of rotatable bonds is 2. The maximum Gasteiger partial charge on any atom is 0.245 e. The van der Waals surface area contributed by atoms with E-state index in [-0.39, 0.29) is 6.04 Å². The third-order valence-corrected chi connectivity index (χ3v) is 6.27. The van der Waals surface area contributed by atoms with Crippen molar-refractivity contribution in [2.75, 3.05) is 18.0 Å². The van der Waals surface area contributed by atoms with Gasteiger partial charge in [0.15, 0.2) is 0 Å². The Balaban J connectivity index is 1.46. The van der Waals surface area contributed by atoms with Crippen molar-refractivity contribution in [2.45, 2.75) is 51.1 Å². The first kappa shape index (κ1) is 15.1. The van der Waals surface area contributed by atoms with Crippen molar-refractivity contribution in [3.05, 3.63) is 30.0 Å². The second-order valence-electron chi connectivity index (χ2n) is 7.80. The molecule has 3 heterocycles. The van der Waals surface area contributed by atoms with Crippen LogP contribution in [0.15, 0.2) is 24.3 Å². The molecular formula is C20H24N4O. The number of benzene rings is 1. The summed E-state index contributed by atoms with van der Waals surface area (Å²) in [7, 11) is 0. The number of carbonyl (C=O) groups is 1. The average molecular weight is 336 g/mol. The standard InChI is InChI=1S/C20H24N4O/c1-13-16-5-2-3-6-17(16)22-20(21-13)23-10-4-7-18(23)19(25)24-12-14-8-9-15(24)11-14/h2-3,5-6,14-15,18H,4,7-12H2,1H3. The highest BCUT2D eigenvalue weighted by molar-refractivity contribution is 5.87. The summed E-state index contributed by atoms with van der Waals surface area (Å²) in [5.74, 6) is 1.76. The molecule has 1 aliphatic carbocycles. The lowest BCUT2D eigenvalue weighted by Crippen LogP contribution is -2.49. The maximum atomic E-state index is 13.2. The van der Waals surface area contributed by atoms with Crippen molar-refractivity contribution in [1.29, 1.82) is 0 Å². The number of aromatic nitrogens is 2. The Kier molecular flexibility index (Phi) is 3.43. The summed E-state index contributed by atoms with van der Waals surface area (Å²) >= 11 is 0. The molecule has 3 atom stereocenters. The molecule has 2 aliphatic heterocycles. The molecule has 130 valence electrons. The number of piperidine rings is 1. The zero-order valence-corrected chi connectivity index (χ0v) is 14.7. The number of nitrogens with zero attached hydrogens (tertiary/aromatic N) is 4. The van der Waals surface area contributed by atoms with Crippen molar-refractivity contribution in [2.24, 2.45) is 5.92 Å². The molecule has 1 aromatic heterocycles. The Labute approximate surface area is 148 Å². The predicted molar refractivity (Wildman–Crippen MR) is 97.5 cm³/mol. The van der Waals surface area contributed by atoms with Gasteiger partial charge in [-0.1, -0.05) is 18.2 Å². The topological polar surface area (TPSA) is 49.3 Å². The Morgan fingerprint density at radius 1 is 1.16 bits per heavy atom. The summed E-state index contributed by atoms with van der Waals surface area (Å²) in [6, 6.07) is 8.51. The summed E-state index contributed by atoms with van der Waals surface area (Å²) in [6.45, 7) is 3.86. The molecule has 0 spiro atoms. The highest BCUT2D eigenvalue weighted by Gasteiger charge is 2.44. The number of amides is 1. The van der Waals surface area contributed by atoms with Gasteiger partial charge >= 0.3 is 0 Å². The molecule has 2 aromatic rings. The van der Waals surface area contributed by atoms with Crippen LogP contribution in [0.2, 0.25) is 0 Å². The second-order valence-corrected chi connectivity index (χ2v) is 7.80. The number of hydrogen-bond acceptors (Lipinski definition) is 4. The third-order valence-electron chi connectivity index (χ3n) is 6.27. The molecule has 2 bridgehead atoms. The SMILES string of the molecule is Cc1nc(N2CCCC2C(=O)N2CC3CCC2C3)nc2ccccc12. The minimum atomic E-state index is -0.0834. The van der Waals surface area contributed by atoms with Gasteiger partial charge in [-0.25, -0.2) is 9.97 Å². The minimum absolute atomic E-state index is 0.0834. The van der Waals surface area contributed by atoms with E-state index in [1.54, 1.807) is 0 Å². The molecule has 1 saturated carbocycles. The van der Waals surface area contributed by atoms with Crippen molar-refractivity contribution in [1.82, 2.24) is 14.9 Å². The van der Waals surface area contributed by atoms with Crippen LogP contribution in [0.4, 0.5) is 5.95 Å².